The van der Waals surface area contributed by atoms with Crippen LogP contribution in [0.25, 0.3) is 11.0 Å². The molecule has 0 bridgehead atoms. The number of nitrogens with one attached hydrogen (secondary N) is 1. The molecule has 1 aromatic heterocycles. The largest absolute Gasteiger partial charge is 0.481 e. The zero-order valence-electron chi connectivity index (χ0n) is 25.6. The SMILES string of the molecule is CC(C)/C=C1\C(=C/CC2=NO[C@](C)(c3nc4ccc(C(F)(F)F)cc4[nH]3)C2)N=C(CCCCC(=O)O)N(c2ccc(F)cc2)[C@H]1O. The Bertz CT molecular complexity index is 1730. The van der Waals surface area contributed by atoms with Crippen LogP contribution >= 0.6 is 0 Å². The predicted molar refractivity (Wildman–Crippen MR) is 166 cm³/mol. The molecule has 244 valence electrons. The lowest BCUT2D eigenvalue weighted by Crippen LogP contribution is -2.45. The maximum absolute atomic E-state index is 13.8. The highest BCUT2D eigenvalue weighted by atomic mass is 19.4. The lowest BCUT2D eigenvalue weighted by molar-refractivity contribution is -0.138. The Hall–Kier alpha value is -4.52. The number of aliphatic imine (C=N–C) groups is 1. The minimum absolute atomic E-state index is 0.000887. The van der Waals surface area contributed by atoms with E-state index < -0.39 is 35.4 Å². The number of carboxylic acid groups (broad SMARTS) is 1. The number of hydrogen-bond acceptors (Lipinski definition) is 7. The number of oxime groups is 1. The van der Waals surface area contributed by atoms with Crippen LogP contribution in [-0.2, 0) is 21.4 Å². The Morgan fingerprint density at radius 3 is 2.61 bits per heavy atom. The smallest absolute Gasteiger partial charge is 0.416 e. The number of nitrogens with zero attached hydrogens (tertiary/aromatic N) is 4. The van der Waals surface area contributed by atoms with Gasteiger partial charge in [-0.2, -0.15) is 13.2 Å². The molecule has 0 saturated carbocycles. The third-order valence-electron chi connectivity index (χ3n) is 7.76. The number of amidine groups is 1. The molecule has 0 fully saturated rings. The van der Waals surface area contributed by atoms with E-state index in [1.54, 1.807) is 24.0 Å². The van der Waals surface area contributed by atoms with Gasteiger partial charge in [0, 0.05) is 36.9 Å². The topological polar surface area (TPSA) is 123 Å². The van der Waals surface area contributed by atoms with Crippen LogP contribution in [0.4, 0.5) is 23.2 Å². The van der Waals surface area contributed by atoms with E-state index >= 15 is 0 Å². The van der Waals surface area contributed by atoms with E-state index in [-0.39, 0.29) is 17.9 Å². The van der Waals surface area contributed by atoms with Gasteiger partial charge in [-0.3, -0.25) is 9.69 Å². The van der Waals surface area contributed by atoms with Crippen molar-refractivity contribution in [3.8, 4) is 0 Å². The number of carbonyl (C=O) groups is 1. The van der Waals surface area contributed by atoms with Crippen molar-refractivity contribution in [3.05, 3.63) is 83.1 Å². The number of anilines is 1. The summed E-state index contributed by atoms with van der Waals surface area (Å²) in [5.41, 5.74) is 1.05. The van der Waals surface area contributed by atoms with Crippen LogP contribution in [0, 0.1) is 11.7 Å². The van der Waals surface area contributed by atoms with E-state index in [1.807, 2.05) is 26.0 Å². The van der Waals surface area contributed by atoms with Gasteiger partial charge in [-0.15, -0.1) is 0 Å². The Labute approximate surface area is 263 Å². The van der Waals surface area contributed by atoms with Crippen molar-refractivity contribution < 1.29 is 37.4 Å². The molecule has 0 aliphatic carbocycles. The Morgan fingerprint density at radius 1 is 1.20 bits per heavy atom. The van der Waals surface area contributed by atoms with E-state index in [2.05, 4.69) is 15.1 Å². The number of aliphatic carboxylic acids is 1. The highest BCUT2D eigenvalue weighted by molar-refractivity contribution is 6.01. The molecule has 2 atom stereocenters. The number of aliphatic hydroxyl groups excluding tert-OH is 1. The van der Waals surface area contributed by atoms with Gasteiger partial charge in [0.15, 0.2) is 17.7 Å². The number of imidazole rings is 1. The van der Waals surface area contributed by atoms with E-state index in [0.717, 1.165) is 12.1 Å². The van der Waals surface area contributed by atoms with Crippen LogP contribution in [0.3, 0.4) is 0 Å². The average Bonchev–Trinajstić information content (AvgIpc) is 3.60. The molecule has 3 heterocycles. The minimum atomic E-state index is -4.48. The Morgan fingerprint density at radius 2 is 1.93 bits per heavy atom. The van der Waals surface area contributed by atoms with Gasteiger partial charge in [-0.1, -0.05) is 31.2 Å². The molecule has 3 aromatic rings. The molecule has 2 aliphatic heterocycles. The molecule has 13 heteroatoms. The highest BCUT2D eigenvalue weighted by Crippen LogP contribution is 2.37. The summed E-state index contributed by atoms with van der Waals surface area (Å²) in [6.45, 7) is 5.69. The second-order valence-electron chi connectivity index (χ2n) is 12.0. The fourth-order valence-corrected chi connectivity index (χ4v) is 5.50. The number of hydrogen-bond donors (Lipinski definition) is 3. The van der Waals surface area contributed by atoms with Gasteiger partial charge in [0.1, 0.15) is 11.7 Å². The number of unbranched alkanes of at least 4 members (excludes halogenated alkanes) is 1. The second-order valence-corrected chi connectivity index (χ2v) is 12.0. The van der Waals surface area contributed by atoms with E-state index in [1.165, 1.54) is 18.2 Å². The van der Waals surface area contributed by atoms with Crippen LogP contribution in [0.1, 0.15) is 70.7 Å². The zero-order valence-corrected chi connectivity index (χ0v) is 25.6. The van der Waals surface area contributed by atoms with Crippen molar-refractivity contribution in [2.45, 2.75) is 77.3 Å². The van der Waals surface area contributed by atoms with Crippen molar-refractivity contribution >= 4 is 34.2 Å². The van der Waals surface area contributed by atoms with Crippen molar-refractivity contribution in [3.63, 3.8) is 0 Å². The van der Waals surface area contributed by atoms with Crippen molar-refractivity contribution in [1.82, 2.24) is 9.97 Å². The van der Waals surface area contributed by atoms with E-state index in [9.17, 15) is 27.5 Å². The standard InChI is InChI=1S/C33H35F4N5O4/c1-19(2)16-24-25(38-28(6-4-5-7-29(43)44)42(30(24)45)23-12-9-21(34)10-13-23)15-11-22-18-32(3,46-41-22)31-39-26-14-8-20(33(35,36)37)17-27(26)40-31/h8-10,12-17,19,30,45H,4-7,11,18H2,1-3H3,(H,39,40)(H,43,44)/b24-16+,25-15+/t30-,32-/m0/s1. The molecule has 0 saturated heterocycles. The first-order valence-electron chi connectivity index (χ1n) is 15.0. The van der Waals surface area contributed by atoms with Gasteiger partial charge in [0.05, 0.1) is 28.0 Å². The predicted octanol–water partition coefficient (Wildman–Crippen LogP) is 7.45. The summed E-state index contributed by atoms with van der Waals surface area (Å²) in [5.74, 6) is -0.417. The highest BCUT2D eigenvalue weighted by Gasteiger charge is 2.40. The number of halogens is 4. The number of benzene rings is 2. The quantitative estimate of drug-likeness (QED) is 0.156. The molecule has 2 aliphatic rings. The van der Waals surface area contributed by atoms with Gasteiger partial charge in [0.25, 0.3) is 0 Å². The first kappa shape index (κ1) is 32.9. The van der Waals surface area contributed by atoms with Gasteiger partial charge in [-0.05, 0) is 68.1 Å². The maximum atomic E-state index is 13.8. The number of H-pyrrole nitrogens is 1. The van der Waals surface area contributed by atoms with Gasteiger partial charge in [0.2, 0.25) is 0 Å². The minimum Gasteiger partial charge on any atom is -0.481 e. The van der Waals surface area contributed by atoms with Crippen molar-refractivity contribution in [2.75, 3.05) is 4.90 Å². The number of fused-ring (bicyclic) bond motifs is 1. The maximum Gasteiger partial charge on any atom is 0.416 e. The summed E-state index contributed by atoms with van der Waals surface area (Å²) < 4.78 is 53.4. The van der Waals surface area contributed by atoms with Gasteiger partial charge in [-0.25, -0.2) is 14.4 Å². The Balaban J connectivity index is 1.41. The molecule has 5 rings (SSSR count). The van der Waals surface area contributed by atoms with Crippen molar-refractivity contribution in [2.24, 2.45) is 16.1 Å². The lowest BCUT2D eigenvalue weighted by atomic mass is 9.96. The van der Waals surface area contributed by atoms with Crippen LogP contribution in [-0.4, -0.2) is 43.9 Å². The summed E-state index contributed by atoms with van der Waals surface area (Å²) in [4.78, 5) is 30.8. The normalized spacial score (nSPS) is 22.1. The Kier molecular flexibility index (Phi) is 9.34. The molecule has 0 spiro atoms. The average molecular weight is 642 g/mol. The van der Waals surface area contributed by atoms with Gasteiger partial charge >= 0.3 is 12.1 Å². The molecule has 9 nitrogen and oxygen atoms in total. The summed E-state index contributed by atoms with van der Waals surface area (Å²) in [6, 6.07) is 9.02. The first-order valence-corrected chi connectivity index (χ1v) is 15.0. The number of rotatable bonds is 10. The van der Waals surface area contributed by atoms with Crippen LogP contribution in [0.15, 0.2) is 76.0 Å². The zero-order chi connectivity index (χ0) is 33.2. The van der Waals surface area contributed by atoms with E-state index in [0.29, 0.717) is 72.0 Å². The molecule has 0 amide bonds. The number of aromatic amines is 1. The summed E-state index contributed by atoms with van der Waals surface area (Å²) in [6.07, 6.45) is 0.0175. The molecular formula is C33H35F4N5O4. The van der Waals surface area contributed by atoms with E-state index in [4.69, 9.17) is 14.9 Å². The fraction of sp³-hybridized carbons (Fsp3) is 0.394. The molecule has 3 N–H and O–H groups in total. The summed E-state index contributed by atoms with van der Waals surface area (Å²) in [5, 5.41) is 25.0. The number of carboxylic acids is 1. The third kappa shape index (κ3) is 7.30. The summed E-state index contributed by atoms with van der Waals surface area (Å²) in [7, 11) is 0. The number of aliphatic hydroxyl groups is 1. The van der Waals surface area contributed by atoms with Crippen LogP contribution in [0.5, 0.6) is 0 Å². The molecule has 0 radical (unpaired) electrons. The third-order valence-corrected chi connectivity index (χ3v) is 7.76. The van der Waals surface area contributed by atoms with Crippen LogP contribution in [0.2, 0.25) is 0 Å². The molecular weight excluding hydrogens is 606 g/mol. The fourth-order valence-electron chi connectivity index (χ4n) is 5.50. The monoisotopic (exact) mass is 641 g/mol. The molecule has 0 unspecified atom stereocenters. The number of allylic oxidation sites excluding steroid dienone is 2. The second kappa shape index (κ2) is 13.1. The first-order chi connectivity index (χ1) is 21.7. The lowest BCUT2D eigenvalue weighted by Gasteiger charge is -2.37. The van der Waals surface area contributed by atoms with Crippen molar-refractivity contribution in [1.29, 1.82) is 0 Å². The number of aromatic nitrogens is 2. The molecule has 2 aromatic carbocycles. The molecule has 46 heavy (non-hydrogen) atoms. The van der Waals surface area contributed by atoms with Crippen LogP contribution < -0.4 is 4.90 Å². The summed E-state index contributed by atoms with van der Waals surface area (Å²) >= 11 is 0. The van der Waals surface area contributed by atoms with Gasteiger partial charge < -0.3 is 20.0 Å². The number of alkyl halides is 3.